The highest BCUT2D eigenvalue weighted by Crippen LogP contribution is 2.82. The number of hydrogen-bond donors (Lipinski definition) is 1. The van der Waals surface area contributed by atoms with Crippen molar-refractivity contribution in [3.63, 3.8) is 0 Å². The SMILES string of the molecule is CC1(F)C(F)(F)C2(F)C(C)(F)C(F)(C(F)F)C(F)(F)C(COC(=O)COC(=O)CO)(C1(F)F)C2(F)F. The summed E-state index contributed by atoms with van der Waals surface area (Å²) >= 11 is 0. The second-order valence-electron chi connectivity index (χ2n) is 8.36. The summed E-state index contributed by atoms with van der Waals surface area (Å²) in [6.45, 7) is -9.32. The van der Waals surface area contributed by atoms with Gasteiger partial charge in [-0.15, -0.1) is 0 Å². The molecule has 0 aromatic rings. The van der Waals surface area contributed by atoms with Crippen molar-refractivity contribution in [3.05, 3.63) is 0 Å². The minimum absolute atomic E-state index is 1.14. The molecule has 5 atom stereocenters. The molecule has 2 aliphatic rings. The van der Waals surface area contributed by atoms with Crippen LogP contribution in [0.3, 0.4) is 0 Å². The number of esters is 2. The van der Waals surface area contributed by atoms with Crippen molar-refractivity contribution < 1.29 is 85.6 Å². The van der Waals surface area contributed by atoms with Crippen LogP contribution in [0.25, 0.3) is 0 Å². The predicted molar refractivity (Wildman–Crippen MR) is 83.9 cm³/mol. The third-order valence-electron chi connectivity index (χ3n) is 6.67. The molecule has 0 amide bonds. The first-order valence-electron chi connectivity index (χ1n) is 9.26. The molecular weight excluding hydrogens is 550 g/mol. The molecule has 2 rings (SSSR count). The Morgan fingerprint density at radius 3 is 1.58 bits per heavy atom. The highest BCUT2D eigenvalue weighted by atomic mass is 19.3. The van der Waals surface area contributed by atoms with Crippen molar-refractivity contribution >= 4 is 11.9 Å². The Labute approximate surface area is 190 Å². The number of carbonyl (C=O) groups is 2. The summed E-state index contributed by atoms with van der Waals surface area (Å²) in [7, 11) is 0. The Morgan fingerprint density at radius 2 is 1.17 bits per heavy atom. The molecule has 36 heavy (non-hydrogen) atoms. The Hall–Kier alpha value is -2.08. The first kappa shape index (κ1) is 30.1. The van der Waals surface area contributed by atoms with Gasteiger partial charge in [0.25, 0.3) is 17.8 Å². The van der Waals surface area contributed by atoms with E-state index in [1.165, 1.54) is 0 Å². The van der Waals surface area contributed by atoms with Gasteiger partial charge in [-0.25, -0.2) is 62.3 Å². The number of rotatable bonds is 6. The number of hydrogen-bond acceptors (Lipinski definition) is 5. The summed E-state index contributed by atoms with van der Waals surface area (Å²) < 4.78 is 215. The van der Waals surface area contributed by atoms with Crippen molar-refractivity contribution in [1.29, 1.82) is 0 Å². The van der Waals surface area contributed by atoms with Crippen molar-refractivity contribution in [2.75, 3.05) is 19.8 Å². The highest BCUT2D eigenvalue weighted by molar-refractivity contribution is 5.76. The molecule has 0 saturated heterocycles. The lowest BCUT2D eigenvalue weighted by atomic mass is 9.42. The van der Waals surface area contributed by atoms with Gasteiger partial charge in [0, 0.05) is 0 Å². The molecule has 0 heterocycles. The van der Waals surface area contributed by atoms with Crippen molar-refractivity contribution in [2.45, 2.75) is 66.6 Å². The second-order valence-corrected chi connectivity index (χ2v) is 8.36. The van der Waals surface area contributed by atoms with E-state index in [0.717, 1.165) is 0 Å². The van der Waals surface area contributed by atoms with E-state index in [9.17, 15) is 31.5 Å². The number of ether oxygens (including phenoxy) is 2. The van der Waals surface area contributed by atoms with Crippen LogP contribution in [-0.4, -0.2) is 89.7 Å². The fourth-order valence-electron chi connectivity index (χ4n) is 4.48. The monoisotopic (exact) mass is 564 g/mol. The zero-order valence-corrected chi connectivity index (χ0v) is 17.6. The lowest BCUT2D eigenvalue weighted by Gasteiger charge is -2.69. The second kappa shape index (κ2) is 7.72. The smallest absolute Gasteiger partial charge is 0.344 e. The maximum Gasteiger partial charge on any atom is 0.344 e. The van der Waals surface area contributed by atoms with Crippen LogP contribution in [0, 0.1) is 5.41 Å². The third-order valence-corrected chi connectivity index (χ3v) is 6.67. The number of aliphatic hydroxyl groups is 1. The molecule has 2 bridgehead atoms. The number of halogens is 14. The minimum Gasteiger partial charge on any atom is -0.462 e. The van der Waals surface area contributed by atoms with Gasteiger partial charge in [-0.05, 0) is 13.8 Å². The van der Waals surface area contributed by atoms with E-state index in [-0.39, 0.29) is 0 Å². The van der Waals surface area contributed by atoms with Gasteiger partial charge in [0.1, 0.15) is 13.2 Å². The Bertz CT molecular complexity index is 927. The zero-order valence-electron chi connectivity index (χ0n) is 17.6. The molecule has 2 fully saturated rings. The van der Waals surface area contributed by atoms with Crippen molar-refractivity contribution in [2.24, 2.45) is 5.41 Å². The molecule has 0 spiro atoms. The van der Waals surface area contributed by atoms with Gasteiger partial charge in [-0.1, -0.05) is 0 Å². The van der Waals surface area contributed by atoms with Crippen molar-refractivity contribution in [3.8, 4) is 0 Å². The van der Waals surface area contributed by atoms with Crippen molar-refractivity contribution in [1.82, 2.24) is 0 Å². The molecule has 0 aromatic heterocycles. The summed E-state index contributed by atoms with van der Waals surface area (Å²) in [5, 5.41) is 8.37. The molecule has 5 nitrogen and oxygen atoms in total. The van der Waals surface area contributed by atoms with Crippen LogP contribution in [0.4, 0.5) is 61.5 Å². The van der Waals surface area contributed by atoms with E-state index in [4.69, 9.17) is 5.11 Å². The Morgan fingerprint density at radius 1 is 0.694 bits per heavy atom. The predicted octanol–water partition coefficient (Wildman–Crippen LogP) is 3.76. The third kappa shape index (κ3) is 2.67. The van der Waals surface area contributed by atoms with E-state index >= 15 is 39.5 Å². The molecule has 2 saturated carbocycles. The van der Waals surface area contributed by atoms with Crippen LogP contribution < -0.4 is 0 Å². The molecule has 1 N–H and O–H groups in total. The van der Waals surface area contributed by atoms with Crippen LogP contribution in [-0.2, 0) is 19.1 Å². The summed E-state index contributed by atoms with van der Waals surface area (Å²) in [5.41, 5.74) is -33.6. The molecule has 0 aliphatic heterocycles. The summed E-state index contributed by atoms with van der Waals surface area (Å²) in [6.07, 6.45) is -5.77. The minimum atomic E-state index is -7.35. The maximum absolute atomic E-state index is 15.5. The van der Waals surface area contributed by atoms with Gasteiger partial charge in [0.15, 0.2) is 12.3 Å². The number of carbonyl (C=O) groups excluding carboxylic acids is 2. The number of alkyl halides is 14. The topological polar surface area (TPSA) is 72.8 Å². The average molecular weight is 564 g/mol. The van der Waals surface area contributed by atoms with Crippen LogP contribution >= 0.6 is 0 Å². The molecule has 0 aromatic carbocycles. The highest BCUT2D eigenvalue weighted by Gasteiger charge is 3.11. The van der Waals surface area contributed by atoms with Gasteiger partial charge in [0.2, 0.25) is 11.1 Å². The fraction of sp³-hybridized carbons (Fsp3) is 0.882. The van der Waals surface area contributed by atoms with E-state index in [1.54, 1.807) is 0 Å². The van der Waals surface area contributed by atoms with E-state index in [0.29, 0.717) is 0 Å². The summed E-state index contributed by atoms with van der Waals surface area (Å²) in [4.78, 5) is 22.3. The standard InChI is InChI=1S/C17H14F14O5/c1-9(20)12(22,8(18)19)16(28,29)11(5-36-7(34)4-35-6(33)3-32)14(24,25)10(2,21)15(26,27)13(9,23)17(11,30)31/h8,32H,3-5H2,1-2H3. The average Bonchev–Trinajstić information content (AvgIpc) is 2.73. The molecule has 210 valence electrons. The Balaban J connectivity index is 2.97. The molecular formula is C17H14F14O5. The molecule has 0 radical (unpaired) electrons. The fourth-order valence-corrected chi connectivity index (χ4v) is 4.48. The summed E-state index contributed by atoms with van der Waals surface area (Å²) in [5.74, 6) is -33.1. The van der Waals surface area contributed by atoms with Crippen LogP contribution in [0.15, 0.2) is 0 Å². The van der Waals surface area contributed by atoms with E-state index < -0.39 is 104 Å². The molecule has 19 heteroatoms. The van der Waals surface area contributed by atoms with Crippen LogP contribution in [0.5, 0.6) is 0 Å². The summed E-state index contributed by atoms with van der Waals surface area (Å²) in [6, 6.07) is 0. The number of aliphatic hydroxyl groups excluding tert-OH is 1. The van der Waals surface area contributed by atoms with E-state index in [1.807, 2.05) is 0 Å². The van der Waals surface area contributed by atoms with Gasteiger partial charge in [-0.2, -0.15) is 8.78 Å². The zero-order chi connectivity index (χ0) is 28.8. The lowest BCUT2D eigenvalue weighted by molar-refractivity contribution is -0.533. The van der Waals surface area contributed by atoms with Gasteiger partial charge in [0.05, 0.1) is 0 Å². The van der Waals surface area contributed by atoms with Gasteiger partial charge >= 0.3 is 35.6 Å². The van der Waals surface area contributed by atoms with E-state index in [2.05, 4.69) is 9.47 Å². The molecule has 5 unspecified atom stereocenters. The first-order chi connectivity index (χ1) is 15.8. The lowest BCUT2D eigenvalue weighted by Crippen LogP contribution is -2.99. The number of fused-ring (bicyclic) bond motifs is 2. The van der Waals surface area contributed by atoms with Crippen LogP contribution in [0.2, 0.25) is 0 Å². The quantitative estimate of drug-likeness (QED) is 0.393. The Kier molecular flexibility index (Phi) is 6.46. The normalized spacial score (nSPS) is 42.1. The van der Waals surface area contributed by atoms with Crippen LogP contribution in [0.1, 0.15) is 13.8 Å². The van der Waals surface area contributed by atoms with Gasteiger partial charge in [-0.3, -0.25) is 0 Å². The van der Waals surface area contributed by atoms with Gasteiger partial charge < -0.3 is 14.6 Å². The molecule has 2 aliphatic carbocycles. The first-order valence-corrected chi connectivity index (χ1v) is 9.26. The maximum atomic E-state index is 15.5. The largest absolute Gasteiger partial charge is 0.462 e.